The smallest absolute Gasteiger partial charge is 0.0175 e. The molecule has 1 aromatic carbocycles. The first kappa shape index (κ1) is 12.4. The Balaban J connectivity index is 2.19. The zero-order valence-electron chi connectivity index (χ0n) is 10.3. The van der Waals surface area contributed by atoms with Gasteiger partial charge in [0.05, 0.1) is 0 Å². The Kier molecular flexibility index (Phi) is 4.01. The second kappa shape index (κ2) is 5.50. The molecule has 1 atom stereocenters. The Labute approximate surface area is 112 Å². The van der Waals surface area contributed by atoms with Crippen LogP contribution in [0.3, 0.4) is 0 Å². The fraction of sp³-hybridized carbons (Fsp3) is 0.250. The van der Waals surface area contributed by atoms with Gasteiger partial charge in [-0.25, -0.2) is 0 Å². The average Bonchev–Trinajstić information content (AvgIpc) is 2.33. The van der Waals surface area contributed by atoms with Gasteiger partial charge in [-0.2, -0.15) is 0 Å². The molecule has 1 aliphatic rings. The number of hydrogen-bond donors (Lipinski definition) is 0. The SMILES string of the molecule is CC1=CC=CCC1/C=C(\C)c1ccc(Br)cc1. The van der Waals surface area contributed by atoms with Gasteiger partial charge >= 0.3 is 0 Å². The first-order valence-corrected chi connectivity index (χ1v) is 6.74. The summed E-state index contributed by atoms with van der Waals surface area (Å²) in [5.74, 6) is 0.559. The van der Waals surface area contributed by atoms with E-state index in [-0.39, 0.29) is 0 Å². The van der Waals surface area contributed by atoms with Crippen molar-refractivity contribution < 1.29 is 0 Å². The molecule has 0 bridgehead atoms. The van der Waals surface area contributed by atoms with E-state index >= 15 is 0 Å². The minimum absolute atomic E-state index is 0.559. The van der Waals surface area contributed by atoms with Crippen molar-refractivity contribution in [2.75, 3.05) is 0 Å². The molecule has 0 saturated heterocycles. The van der Waals surface area contributed by atoms with Gasteiger partial charge in [0.25, 0.3) is 0 Å². The maximum Gasteiger partial charge on any atom is 0.0175 e. The van der Waals surface area contributed by atoms with Crippen LogP contribution in [0.25, 0.3) is 5.57 Å². The molecule has 1 heteroatoms. The van der Waals surface area contributed by atoms with Crippen LogP contribution in [0.15, 0.2) is 58.6 Å². The third kappa shape index (κ3) is 3.19. The normalized spacial score (nSPS) is 20.3. The van der Waals surface area contributed by atoms with Crippen LogP contribution < -0.4 is 0 Å². The summed E-state index contributed by atoms with van der Waals surface area (Å²) in [5, 5.41) is 0. The van der Waals surface area contributed by atoms with Crippen LogP contribution in [0, 0.1) is 5.92 Å². The monoisotopic (exact) mass is 288 g/mol. The number of halogens is 1. The van der Waals surface area contributed by atoms with E-state index < -0.39 is 0 Å². The first-order valence-electron chi connectivity index (χ1n) is 5.94. The second-order valence-electron chi connectivity index (χ2n) is 4.54. The van der Waals surface area contributed by atoms with E-state index in [2.05, 4.69) is 78.3 Å². The van der Waals surface area contributed by atoms with Gasteiger partial charge in [0.1, 0.15) is 0 Å². The van der Waals surface area contributed by atoms with Crippen molar-refractivity contribution in [1.29, 1.82) is 0 Å². The molecular weight excluding hydrogens is 272 g/mol. The van der Waals surface area contributed by atoms with Crippen molar-refractivity contribution in [3.05, 3.63) is 64.2 Å². The van der Waals surface area contributed by atoms with E-state index in [0.29, 0.717) is 5.92 Å². The van der Waals surface area contributed by atoms with Crippen LogP contribution in [-0.4, -0.2) is 0 Å². The van der Waals surface area contributed by atoms with Crippen LogP contribution in [0.2, 0.25) is 0 Å². The molecule has 0 saturated carbocycles. The summed E-state index contributed by atoms with van der Waals surface area (Å²) in [7, 11) is 0. The lowest BCUT2D eigenvalue weighted by Crippen LogP contribution is -2.00. The Bertz CT molecular complexity index is 475. The van der Waals surface area contributed by atoms with E-state index in [1.165, 1.54) is 16.7 Å². The molecule has 0 nitrogen and oxygen atoms in total. The quantitative estimate of drug-likeness (QED) is 0.686. The van der Waals surface area contributed by atoms with Crippen LogP contribution in [0.5, 0.6) is 0 Å². The zero-order valence-corrected chi connectivity index (χ0v) is 11.9. The molecule has 1 unspecified atom stereocenters. The molecule has 88 valence electrons. The molecule has 0 heterocycles. The molecule has 1 aliphatic carbocycles. The average molecular weight is 289 g/mol. The summed E-state index contributed by atoms with van der Waals surface area (Å²) in [5.41, 5.74) is 4.10. The minimum Gasteiger partial charge on any atom is -0.0836 e. The first-order chi connectivity index (χ1) is 8.16. The molecule has 0 aliphatic heterocycles. The van der Waals surface area contributed by atoms with Gasteiger partial charge < -0.3 is 0 Å². The highest BCUT2D eigenvalue weighted by atomic mass is 79.9. The lowest BCUT2D eigenvalue weighted by molar-refractivity contribution is 0.765. The van der Waals surface area contributed by atoms with Crippen molar-refractivity contribution >= 4 is 21.5 Å². The second-order valence-corrected chi connectivity index (χ2v) is 5.45. The van der Waals surface area contributed by atoms with Crippen LogP contribution in [-0.2, 0) is 0 Å². The molecule has 1 aromatic rings. The topological polar surface area (TPSA) is 0 Å². The Morgan fingerprint density at radius 3 is 2.65 bits per heavy atom. The standard InChI is InChI=1S/C16H17Br/c1-12-5-3-4-6-15(12)11-13(2)14-7-9-16(17)10-8-14/h3-5,7-11,15H,6H2,1-2H3/b13-11+. The summed E-state index contributed by atoms with van der Waals surface area (Å²) in [6.07, 6.45) is 10.1. The summed E-state index contributed by atoms with van der Waals surface area (Å²) >= 11 is 3.46. The number of benzene rings is 1. The molecular formula is C16H17Br. The van der Waals surface area contributed by atoms with E-state index in [4.69, 9.17) is 0 Å². The van der Waals surface area contributed by atoms with Gasteiger partial charge in [0.2, 0.25) is 0 Å². The van der Waals surface area contributed by atoms with Gasteiger partial charge in [-0.15, -0.1) is 0 Å². The maximum atomic E-state index is 3.46. The summed E-state index contributed by atoms with van der Waals surface area (Å²) in [6, 6.07) is 8.51. The molecule has 2 rings (SSSR count). The fourth-order valence-corrected chi connectivity index (χ4v) is 2.33. The van der Waals surface area contributed by atoms with Crippen LogP contribution in [0.1, 0.15) is 25.8 Å². The summed E-state index contributed by atoms with van der Waals surface area (Å²) in [4.78, 5) is 0. The highest BCUT2D eigenvalue weighted by Crippen LogP contribution is 2.26. The highest BCUT2D eigenvalue weighted by molar-refractivity contribution is 9.10. The summed E-state index contributed by atoms with van der Waals surface area (Å²) < 4.78 is 1.13. The molecule has 0 fully saturated rings. The predicted molar refractivity (Wildman–Crippen MR) is 78.8 cm³/mol. The zero-order chi connectivity index (χ0) is 12.3. The van der Waals surface area contributed by atoms with E-state index in [1.54, 1.807) is 0 Å². The van der Waals surface area contributed by atoms with Gasteiger partial charge in [0.15, 0.2) is 0 Å². The van der Waals surface area contributed by atoms with Crippen LogP contribution >= 0.6 is 15.9 Å². The van der Waals surface area contributed by atoms with E-state index in [9.17, 15) is 0 Å². The minimum atomic E-state index is 0.559. The Morgan fingerprint density at radius 1 is 1.29 bits per heavy atom. The number of rotatable bonds is 2. The highest BCUT2D eigenvalue weighted by Gasteiger charge is 2.09. The third-order valence-electron chi connectivity index (χ3n) is 3.22. The van der Waals surface area contributed by atoms with E-state index in [0.717, 1.165) is 10.9 Å². The van der Waals surface area contributed by atoms with Crippen molar-refractivity contribution in [3.8, 4) is 0 Å². The third-order valence-corrected chi connectivity index (χ3v) is 3.75. The Hall–Kier alpha value is -1.08. The Morgan fingerprint density at radius 2 is 2.00 bits per heavy atom. The predicted octanol–water partition coefficient (Wildman–Crippen LogP) is 5.37. The van der Waals surface area contributed by atoms with Gasteiger partial charge in [0, 0.05) is 10.4 Å². The maximum absolute atomic E-state index is 3.46. The van der Waals surface area contributed by atoms with Crippen molar-refractivity contribution in [3.63, 3.8) is 0 Å². The molecule has 0 spiro atoms. The molecule has 0 N–H and O–H groups in total. The largest absolute Gasteiger partial charge is 0.0836 e. The summed E-state index contributed by atoms with van der Waals surface area (Å²) in [6.45, 7) is 4.40. The van der Waals surface area contributed by atoms with E-state index in [1.807, 2.05) is 0 Å². The van der Waals surface area contributed by atoms with Gasteiger partial charge in [-0.05, 0) is 43.5 Å². The fourth-order valence-electron chi connectivity index (χ4n) is 2.06. The van der Waals surface area contributed by atoms with Crippen molar-refractivity contribution in [2.45, 2.75) is 20.3 Å². The molecule has 0 aromatic heterocycles. The molecule has 0 amide bonds. The van der Waals surface area contributed by atoms with Crippen molar-refractivity contribution in [2.24, 2.45) is 5.92 Å². The van der Waals surface area contributed by atoms with Gasteiger partial charge in [-0.1, -0.05) is 57.9 Å². The number of hydrogen-bond acceptors (Lipinski definition) is 0. The van der Waals surface area contributed by atoms with Gasteiger partial charge in [-0.3, -0.25) is 0 Å². The van der Waals surface area contributed by atoms with Crippen LogP contribution in [0.4, 0.5) is 0 Å². The molecule has 17 heavy (non-hydrogen) atoms. The van der Waals surface area contributed by atoms with Crippen molar-refractivity contribution in [1.82, 2.24) is 0 Å². The molecule has 0 radical (unpaired) electrons. The number of allylic oxidation sites excluding steroid dienone is 6. The lowest BCUT2D eigenvalue weighted by Gasteiger charge is -2.16. The lowest BCUT2D eigenvalue weighted by atomic mass is 9.90.